The van der Waals surface area contributed by atoms with Gasteiger partial charge >= 0.3 is 11.9 Å². The van der Waals surface area contributed by atoms with Crippen LogP contribution in [0, 0.1) is 17.8 Å². The zero-order chi connectivity index (χ0) is 18.0. The lowest BCUT2D eigenvalue weighted by molar-refractivity contribution is -0.287. The van der Waals surface area contributed by atoms with E-state index >= 15 is 0 Å². The van der Waals surface area contributed by atoms with Crippen molar-refractivity contribution in [1.82, 2.24) is 0 Å². The molecule has 1 saturated heterocycles. The first kappa shape index (κ1) is 19.1. The summed E-state index contributed by atoms with van der Waals surface area (Å²) in [6, 6.07) is 0. The number of hydrogen-bond donors (Lipinski definition) is 4. The summed E-state index contributed by atoms with van der Waals surface area (Å²) >= 11 is 0. The smallest absolute Gasteiger partial charge is 0.335 e. The number of aliphatic carboxylic acids is 1. The third-order valence-corrected chi connectivity index (χ3v) is 5.09. The van der Waals surface area contributed by atoms with E-state index in [4.69, 9.17) is 14.6 Å². The van der Waals surface area contributed by atoms with Crippen molar-refractivity contribution in [3.05, 3.63) is 0 Å². The number of ether oxygens (including phenoxy) is 2. The highest BCUT2D eigenvalue weighted by atomic mass is 16.7. The summed E-state index contributed by atoms with van der Waals surface area (Å²) < 4.78 is 10.1. The number of carboxylic acid groups (broad SMARTS) is 1. The van der Waals surface area contributed by atoms with Crippen LogP contribution in [0.1, 0.15) is 39.5 Å². The third-order valence-electron chi connectivity index (χ3n) is 5.09. The van der Waals surface area contributed by atoms with Gasteiger partial charge in [-0.05, 0) is 37.5 Å². The third kappa shape index (κ3) is 4.05. The molecule has 24 heavy (non-hydrogen) atoms. The molecule has 0 radical (unpaired) electrons. The van der Waals surface area contributed by atoms with Gasteiger partial charge in [0.25, 0.3) is 0 Å². The Balaban J connectivity index is 1.94. The zero-order valence-electron chi connectivity index (χ0n) is 13.9. The highest BCUT2D eigenvalue weighted by Gasteiger charge is 2.49. The predicted molar refractivity (Wildman–Crippen MR) is 80.7 cm³/mol. The van der Waals surface area contributed by atoms with Gasteiger partial charge in [0.05, 0.1) is 5.92 Å². The first-order valence-corrected chi connectivity index (χ1v) is 8.35. The van der Waals surface area contributed by atoms with Crippen LogP contribution >= 0.6 is 0 Å². The Bertz CT molecular complexity index is 457. The fraction of sp³-hybridized carbons (Fsp3) is 0.875. The molecule has 8 nitrogen and oxygen atoms in total. The molecule has 4 N–H and O–H groups in total. The van der Waals surface area contributed by atoms with E-state index in [1.807, 2.05) is 0 Å². The fourth-order valence-corrected chi connectivity index (χ4v) is 3.38. The molecule has 0 aromatic rings. The van der Waals surface area contributed by atoms with Gasteiger partial charge in [-0.25, -0.2) is 4.79 Å². The van der Waals surface area contributed by atoms with E-state index in [0.29, 0.717) is 24.7 Å². The van der Waals surface area contributed by atoms with E-state index in [9.17, 15) is 24.9 Å². The summed E-state index contributed by atoms with van der Waals surface area (Å²) in [5.74, 6) is -1.29. The summed E-state index contributed by atoms with van der Waals surface area (Å²) in [5.41, 5.74) is 0. The van der Waals surface area contributed by atoms with Gasteiger partial charge in [-0.3, -0.25) is 4.79 Å². The fourth-order valence-electron chi connectivity index (χ4n) is 3.38. The molecule has 0 spiro atoms. The Morgan fingerprint density at radius 1 is 1.00 bits per heavy atom. The average molecular weight is 346 g/mol. The van der Waals surface area contributed by atoms with Crippen molar-refractivity contribution in [3.8, 4) is 0 Å². The Kier molecular flexibility index (Phi) is 6.19. The zero-order valence-corrected chi connectivity index (χ0v) is 13.9. The van der Waals surface area contributed by atoms with E-state index in [0.717, 1.165) is 12.8 Å². The van der Waals surface area contributed by atoms with Crippen LogP contribution < -0.4 is 0 Å². The Morgan fingerprint density at radius 3 is 2.08 bits per heavy atom. The van der Waals surface area contributed by atoms with Gasteiger partial charge in [0.15, 0.2) is 6.10 Å². The first-order valence-electron chi connectivity index (χ1n) is 8.35. The maximum atomic E-state index is 12.2. The van der Waals surface area contributed by atoms with Crippen LogP contribution in [-0.2, 0) is 19.1 Å². The van der Waals surface area contributed by atoms with Gasteiger partial charge in [-0.1, -0.05) is 13.8 Å². The molecule has 8 heteroatoms. The van der Waals surface area contributed by atoms with Crippen molar-refractivity contribution >= 4 is 11.9 Å². The molecule has 0 aromatic heterocycles. The maximum absolute atomic E-state index is 12.2. The van der Waals surface area contributed by atoms with Crippen molar-refractivity contribution < 1.29 is 39.5 Å². The standard InChI is InChI=1S/C16H26O8/c1-7(2)8-3-5-9(6-4-8)15(22)24-16-12(19)10(17)11(18)13(23-16)14(20)21/h7-13,16-19H,3-6H2,1-2H3,(H,20,21)/t8-,9-,10-,11-,12+,13-,16?/m0/s1. The molecule has 2 fully saturated rings. The maximum Gasteiger partial charge on any atom is 0.335 e. The monoisotopic (exact) mass is 346 g/mol. The minimum atomic E-state index is -1.80. The molecular formula is C16H26O8. The Morgan fingerprint density at radius 2 is 1.58 bits per heavy atom. The first-order chi connectivity index (χ1) is 11.2. The van der Waals surface area contributed by atoms with Crippen LogP contribution in [0.25, 0.3) is 0 Å². The van der Waals surface area contributed by atoms with Crippen molar-refractivity contribution in [2.75, 3.05) is 0 Å². The normalized spacial score (nSPS) is 40.3. The van der Waals surface area contributed by atoms with Crippen molar-refractivity contribution in [2.45, 2.75) is 70.2 Å². The molecule has 2 aliphatic rings. The van der Waals surface area contributed by atoms with Gasteiger partial charge in [0.2, 0.25) is 6.29 Å². The number of rotatable bonds is 4. The molecule has 0 bridgehead atoms. The van der Waals surface area contributed by atoms with Gasteiger partial charge in [0, 0.05) is 0 Å². The molecule has 1 unspecified atom stereocenters. The van der Waals surface area contributed by atoms with E-state index in [1.54, 1.807) is 0 Å². The number of carbonyl (C=O) groups excluding carboxylic acids is 1. The highest BCUT2D eigenvalue weighted by molar-refractivity contribution is 5.74. The van der Waals surface area contributed by atoms with Crippen LogP contribution in [0.4, 0.5) is 0 Å². The molecule has 0 amide bonds. The average Bonchev–Trinajstić information content (AvgIpc) is 2.55. The van der Waals surface area contributed by atoms with Crippen molar-refractivity contribution in [3.63, 3.8) is 0 Å². The molecule has 1 saturated carbocycles. The molecule has 0 aromatic carbocycles. The lowest BCUT2D eigenvalue weighted by Gasteiger charge is -2.38. The summed E-state index contributed by atoms with van der Waals surface area (Å²) in [6.07, 6.45) is -5.50. The number of aliphatic hydroxyl groups is 3. The topological polar surface area (TPSA) is 134 Å². The molecule has 1 heterocycles. The van der Waals surface area contributed by atoms with Crippen molar-refractivity contribution in [2.24, 2.45) is 17.8 Å². The van der Waals surface area contributed by atoms with Crippen LogP contribution in [-0.4, -0.2) is 63.1 Å². The number of hydrogen-bond acceptors (Lipinski definition) is 7. The highest BCUT2D eigenvalue weighted by Crippen LogP contribution is 2.34. The summed E-state index contributed by atoms with van der Waals surface area (Å²) in [4.78, 5) is 23.3. The van der Waals surface area contributed by atoms with E-state index < -0.39 is 42.6 Å². The summed E-state index contributed by atoms with van der Waals surface area (Å²) in [7, 11) is 0. The number of aliphatic hydroxyl groups excluding tert-OH is 3. The lowest BCUT2D eigenvalue weighted by atomic mass is 9.77. The molecule has 5 atom stereocenters. The minimum Gasteiger partial charge on any atom is -0.479 e. The molecule has 138 valence electrons. The summed E-state index contributed by atoms with van der Waals surface area (Å²) in [6.45, 7) is 4.29. The van der Waals surface area contributed by atoms with E-state index in [2.05, 4.69) is 13.8 Å². The molecule has 1 aliphatic carbocycles. The number of carbonyl (C=O) groups is 2. The Hall–Kier alpha value is -1.22. The van der Waals surface area contributed by atoms with Gasteiger partial charge < -0.3 is 29.9 Å². The van der Waals surface area contributed by atoms with Crippen molar-refractivity contribution in [1.29, 1.82) is 0 Å². The molecular weight excluding hydrogens is 320 g/mol. The largest absolute Gasteiger partial charge is 0.479 e. The van der Waals surface area contributed by atoms with Crippen LogP contribution in [0.2, 0.25) is 0 Å². The van der Waals surface area contributed by atoms with Gasteiger partial charge in [-0.2, -0.15) is 0 Å². The summed E-state index contributed by atoms with van der Waals surface area (Å²) in [5, 5.41) is 38.2. The van der Waals surface area contributed by atoms with E-state index in [-0.39, 0.29) is 5.92 Å². The SMILES string of the molecule is CC(C)[C@H]1CC[C@H](C(=O)OC2O[C@H](C(=O)O)[C@@H](O)[C@H](O)[C@H]2O)CC1. The van der Waals surface area contributed by atoms with E-state index in [1.165, 1.54) is 0 Å². The van der Waals surface area contributed by atoms with Gasteiger partial charge in [-0.15, -0.1) is 0 Å². The van der Waals surface area contributed by atoms with Crippen LogP contribution in [0.5, 0.6) is 0 Å². The number of esters is 1. The second kappa shape index (κ2) is 7.77. The predicted octanol–water partition coefficient (Wildman–Crippen LogP) is -0.116. The molecule has 2 rings (SSSR count). The quantitative estimate of drug-likeness (QED) is 0.518. The second-order valence-corrected chi connectivity index (χ2v) is 7.03. The van der Waals surface area contributed by atoms with Crippen LogP contribution in [0.3, 0.4) is 0 Å². The van der Waals surface area contributed by atoms with Crippen LogP contribution in [0.15, 0.2) is 0 Å². The number of carboxylic acids is 1. The minimum absolute atomic E-state index is 0.330. The lowest BCUT2D eigenvalue weighted by Crippen LogP contribution is -2.60. The van der Waals surface area contributed by atoms with Gasteiger partial charge in [0.1, 0.15) is 18.3 Å². The molecule has 1 aliphatic heterocycles. The second-order valence-electron chi connectivity index (χ2n) is 7.03. The Labute approximate surface area is 140 Å².